The Morgan fingerprint density at radius 2 is 1.32 bits per heavy atom. The minimum atomic E-state index is -3.35. The molecule has 2 unspecified atom stereocenters. The molecular weight excluding hydrogens is 383 g/mol. The third-order valence-electron chi connectivity index (χ3n) is 6.08. The maximum absolute atomic E-state index is 12.6. The summed E-state index contributed by atoms with van der Waals surface area (Å²) >= 11 is -3.35. The number of hydrogen-bond donors (Lipinski definition) is 0. The van der Waals surface area contributed by atoms with Crippen LogP contribution in [0.3, 0.4) is 0 Å². The predicted octanol–water partition coefficient (Wildman–Crippen LogP) is 5.31. The van der Waals surface area contributed by atoms with E-state index in [1.54, 1.807) is 0 Å². The molecule has 0 radical (unpaired) electrons. The van der Waals surface area contributed by atoms with E-state index in [0.717, 1.165) is 0 Å². The fourth-order valence-electron chi connectivity index (χ4n) is 4.64. The van der Waals surface area contributed by atoms with Crippen LogP contribution in [0.2, 0.25) is 0 Å². The van der Waals surface area contributed by atoms with Crippen LogP contribution >= 0.6 is 0 Å². The van der Waals surface area contributed by atoms with Crippen molar-refractivity contribution in [2.24, 2.45) is 0 Å². The molecule has 25 heavy (non-hydrogen) atoms. The van der Waals surface area contributed by atoms with E-state index in [1.165, 1.54) is 37.4 Å². The molecule has 2 aliphatic carbocycles. The molecule has 2 atom stereocenters. The first kappa shape index (κ1) is 16.8. The Labute approximate surface area is 154 Å². The number of rotatable bonds is 3. The molecule has 2 aliphatic rings. The van der Waals surface area contributed by atoms with E-state index in [9.17, 15) is 4.79 Å². The maximum atomic E-state index is 12.6. The number of fused-ring (bicyclic) bond motifs is 2. The molecule has 0 amide bonds. The van der Waals surface area contributed by atoms with Crippen LogP contribution in [0.5, 0.6) is 0 Å². The van der Waals surface area contributed by atoms with Gasteiger partial charge < -0.3 is 0 Å². The van der Waals surface area contributed by atoms with Crippen LogP contribution in [0.4, 0.5) is 0 Å². The molecule has 0 heterocycles. The van der Waals surface area contributed by atoms with E-state index in [1.807, 2.05) is 0 Å². The van der Waals surface area contributed by atoms with E-state index >= 15 is 0 Å². The summed E-state index contributed by atoms with van der Waals surface area (Å²) in [7, 11) is 0. The van der Waals surface area contributed by atoms with Crippen molar-refractivity contribution < 1.29 is 24.6 Å². The predicted molar refractivity (Wildman–Crippen MR) is 104 cm³/mol. The minimum absolute atomic E-state index is 0.285. The molecule has 2 aromatic carbocycles. The fourth-order valence-corrected chi connectivity index (χ4v) is 14.4. The average molecular weight is 407 g/mol. The Hall–Kier alpha value is -1.66. The fraction of sp³-hybridized carbons (Fsp3) is 0.217. The van der Waals surface area contributed by atoms with Crippen LogP contribution in [-0.2, 0) is 24.6 Å². The van der Waals surface area contributed by atoms with Crippen LogP contribution in [0, 0.1) is 13.8 Å². The van der Waals surface area contributed by atoms with Gasteiger partial charge in [-0.1, -0.05) is 0 Å². The molecule has 2 heteroatoms. The second kappa shape index (κ2) is 6.25. The summed E-state index contributed by atoms with van der Waals surface area (Å²) in [4.78, 5) is 12.6. The van der Waals surface area contributed by atoms with Crippen LogP contribution in [0.1, 0.15) is 47.6 Å². The van der Waals surface area contributed by atoms with Crippen molar-refractivity contribution in [3.8, 4) is 0 Å². The first-order chi connectivity index (χ1) is 12.1. The van der Waals surface area contributed by atoms with Gasteiger partial charge in [0.15, 0.2) is 0 Å². The molecule has 0 spiro atoms. The molecule has 2 aromatic rings. The van der Waals surface area contributed by atoms with Gasteiger partial charge >= 0.3 is 154 Å². The molecule has 0 saturated heterocycles. The van der Waals surface area contributed by atoms with Crippen molar-refractivity contribution in [3.63, 3.8) is 0 Å². The summed E-state index contributed by atoms with van der Waals surface area (Å²) in [6.07, 6.45) is 9.10. The van der Waals surface area contributed by atoms with Crippen molar-refractivity contribution in [1.82, 2.24) is 0 Å². The number of allylic oxidation sites excluding steroid dienone is 2. The Morgan fingerprint density at radius 3 is 1.72 bits per heavy atom. The van der Waals surface area contributed by atoms with Crippen molar-refractivity contribution in [2.45, 2.75) is 28.0 Å². The standard InChI is InChI=1S/2C10H9.C2H4.CHO.Zr/c2*1-8-4-2-5-9-6-3-7-10(8)9;2*1-2;/h2*2-7H,1H3;1H,2H3;1H;. The van der Waals surface area contributed by atoms with Crippen molar-refractivity contribution in [2.75, 3.05) is 0 Å². The van der Waals surface area contributed by atoms with Gasteiger partial charge in [0.1, 0.15) is 0 Å². The Kier molecular flexibility index (Phi) is 4.20. The summed E-state index contributed by atoms with van der Waals surface area (Å²) in [6, 6.07) is 13.0. The summed E-state index contributed by atoms with van der Waals surface area (Å²) in [5.41, 5.74) is 7.96. The number of hydrogen-bond acceptors (Lipinski definition) is 1. The van der Waals surface area contributed by atoms with E-state index in [0.29, 0.717) is 0 Å². The van der Waals surface area contributed by atoms with Gasteiger partial charge in [-0.15, -0.1) is 0 Å². The third kappa shape index (κ3) is 2.38. The monoisotopic (exact) mass is 405 g/mol. The summed E-state index contributed by atoms with van der Waals surface area (Å²) in [5.74, 6) is 0. The van der Waals surface area contributed by atoms with E-state index in [4.69, 9.17) is 0 Å². The van der Waals surface area contributed by atoms with Crippen molar-refractivity contribution in [3.05, 3.63) is 81.9 Å². The van der Waals surface area contributed by atoms with Gasteiger partial charge in [-0.05, 0) is 0 Å². The second-order valence-electron chi connectivity index (χ2n) is 7.24. The topological polar surface area (TPSA) is 17.1 Å². The van der Waals surface area contributed by atoms with Crippen molar-refractivity contribution in [1.29, 1.82) is 0 Å². The Bertz CT molecular complexity index is 906. The van der Waals surface area contributed by atoms with Crippen LogP contribution in [0.25, 0.3) is 12.2 Å². The van der Waals surface area contributed by atoms with Crippen LogP contribution < -0.4 is 0 Å². The molecular formula is C23H23OZr. The van der Waals surface area contributed by atoms with Crippen LogP contribution in [0.15, 0.2) is 48.6 Å². The average Bonchev–Trinajstić information content (AvgIpc) is 3.24. The normalized spacial score (nSPS) is 22.4. The van der Waals surface area contributed by atoms with Crippen molar-refractivity contribution >= 4 is 19.9 Å². The van der Waals surface area contributed by atoms with Gasteiger partial charge in [0.05, 0.1) is 0 Å². The summed E-state index contributed by atoms with van der Waals surface area (Å²) in [5, 5.41) is 0. The zero-order valence-electron chi connectivity index (χ0n) is 15.0. The molecule has 0 fully saturated rings. The van der Waals surface area contributed by atoms with Gasteiger partial charge in [-0.25, -0.2) is 0 Å². The van der Waals surface area contributed by atoms with Crippen LogP contribution in [-0.4, -0.2) is 7.70 Å². The summed E-state index contributed by atoms with van der Waals surface area (Å²) in [6.45, 7) is 6.44. The first-order valence-electron chi connectivity index (χ1n) is 8.94. The molecule has 0 aromatic heterocycles. The number of aryl methyl sites for hydroxylation is 2. The Balaban J connectivity index is 1.90. The zero-order chi connectivity index (χ0) is 17.6. The molecule has 0 N–H and O–H groups in total. The number of carbonyl (C=O) groups excluding carboxylic acids is 1. The van der Waals surface area contributed by atoms with Gasteiger partial charge in [0.2, 0.25) is 0 Å². The number of benzene rings is 2. The zero-order valence-corrected chi connectivity index (χ0v) is 17.4. The molecule has 4 rings (SSSR count). The molecule has 125 valence electrons. The SMILES string of the molecule is C[CH]=[Zr]([CH]=O)([CH]1C=Cc2c(C)cccc21)[CH]1C=Cc2c(C)cccc21. The first-order valence-corrected chi connectivity index (χ1v) is 14.6. The molecule has 0 bridgehead atoms. The summed E-state index contributed by atoms with van der Waals surface area (Å²) < 4.78 is 4.27. The molecule has 0 saturated carbocycles. The molecule has 1 nitrogen and oxygen atoms in total. The number of carbonyl (C=O) groups is 1. The quantitative estimate of drug-likeness (QED) is 0.632. The van der Waals surface area contributed by atoms with Gasteiger partial charge in [-0.3, -0.25) is 0 Å². The Morgan fingerprint density at radius 1 is 0.840 bits per heavy atom. The van der Waals surface area contributed by atoms with Gasteiger partial charge in [0, 0.05) is 0 Å². The second-order valence-corrected chi connectivity index (χ2v) is 17.2. The molecule has 0 aliphatic heterocycles. The van der Waals surface area contributed by atoms with E-state index in [-0.39, 0.29) is 7.25 Å². The van der Waals surface area contributed by atoms with Gasteiger partial charge in [0.25, 0.3) is 0 Å². The van der Waals surface area contributed by atoms with Gasteiger partial charge in [-0.2, -0.15) is 0 Å². The van der Waals surface area contributed by atoms with E-state index < -0.39 is 19.8 Å². The third-order valence-corrected chi connectivity index (χ3v) is 17.3. The van der Waals surface area contributed by atoms with E-state index in [2.05, 4.69) is 85.2 Å².